The summed E-state index contributed by atoms with van der Waals surface area (Å²) in [5, 5.41) is 10.0. The van der Waals surface area contributed by atoms with Crippen molar-refractivity contribution >= 4 is 27.6 Å². The van der Waals surface area contributed by atoms with E-state index in [1.807, 2.05) is 0 Å². The predicted molar refractivity (Wildman–Crippen MR) is 136 cm³/mol. The molecule has 3 aliphatic heterocycles. The minimum Gasteiger partial charge on any atom is -0.384 e. The fourth-order valence-corrected chi connectivity index (χ4v) is 6.79. The summed E-state index contributed by atoms with van der Waals surface area (Å²) >= 11 is 0. The number of fused-ring (bicyclic) bond motifs is 2. The number of alkyl halides is 3. The van der Waals surface area contributed by atoms with E-state index in [-0.39, 0.29) is 54.2 Å². The van der Waals surface area contributed by atoms with Crippen LogP contribution in [0.25, 0.3) is 0 Å². The highest BCUT2D eigenvalue weighted by atomic mass is 32.2. The van der Waals surface area contributed by atoms with E-state index in [9.17, 15) is 31.5 Å². The van der Waals surface area contributed by atoms with Crippen LogP contribution in [0.1, 0.15) is 25.3 Å². The Morgan fingerprint density at radius 3 is 2.30 bits per heavy atom. The van der Waals surface area contributed by atoms with Gasteiger partial charge in [-0.2, -0.15) is 17.5 Å². The molecule has 3 saturated heterocycles. The molecule has 16 heteroatoms. The molecular formula is C24H30F3N7O5S. The summed E-state index contributed by atoms with van der Waals surface area (Å²) in [5.74, 6) is 0.429. The number of nitrogen functional groups attached to an aromatic ring is 1. The second-order valence-corrected chi connectivity index (χ2v) is 12.4. The molecule has 5 heterocycles. The maximum atomic E-state index is 13.5. The summed E-state index contributed by atoms with van der Waals surface area (Å²) in [6.07, 6.45) is -1.24. The van der Waals surface area contributed by atoms with E-state index in [2.05, 4.69) is 19.9 Å². The second kappa shape index (κ2) is 10.5. The van der Waals surface area contributed by atoms with Crippen LogP contribution in [0, 0.1) is 0 Å². The van der Waals surface area contributed by atoms with Crippen molar-refractivity contribution < 1.29 is 36.2 Å². The number of ketones is 1. The highest BCUT2D eigenvalue weighted by Gasteiger charge is 2.52. The van der Waals surface area contributed by atoms with Gasteiger partial charge in [-0.05, 0) is 19.1 Å². The number of ether oxygens (including phenoxy) is 1. The first-order valence-electron chi connectivity index (χ1n) is 12.7. The lowest BCUT2D eigenvalue weighted by atomic mass is 9.92. The fraction of sp³-hybridized carbons (Fsp3) is 0.583. The first kappa shape index (κ1) is 28.6. The number of anilines is 2. The number of rotatable bonds is 6. The molecule has 0 spiro atoms. The third-order valence-corrected chi connectivity index (χ3v) is 9.61. The Bertz CT molecular complexity index is 1330. The maximum absolute atomic E-state index is 13.5. The smallest absolute Gasteiger partial charge is 0.384 e. The summed E-state index contributed by atoms with van der Waals surface area (Å²) in [5.41, 5.74) is 1.96. The van der Waals surface area contributed by atoms with Crippen LogP contribution >= 0.6 is 0 Å². The Hall–Kier alpha value is -2.92. The summed E-state index contributed by atoms with van der Waals surface area (Å²) in [4.78, 5) is 28.3. The average Bonchev–Trinajstić information content (AvgIpc) is 2.89. The van der Waals surface area contributed by atoms with Crippen LogP contribution in [0.15, 0.2) is 35.6 Å². The average molecular weight is 586 g/mol. The number of halogens is 3. The van der Waals surface area contributed by atoms with Crippen molar-refractivity contribution in [2.75, 3.05) is 50.0 Å². The second-order valence-electron chi connectivity index (χ2n) is 10.5. The molecule has 3 unspecified atom stereocenters. The van der Waals surface area contributed by atoms with Gasteiger partial charge in [0.25, 0.3) is 0 Å². The van der Waals surface area contributed by atoms with Gasteiger partial charge in [-0.3, -0.25) is 9.69 Å². The molecule has 5 rings (SSSR count). The van der Waals surface area contributed by atoms with Crippen LogP contribution in [0.3, 0.4) is 0 Å². The van der Waals surface area contributed by atoms with E-state index in [1.165, 1.54) is 22.6 Å². The number of hydrogen-bond acceptors (Lipinski definition) is 11. The molecule has 0 aliphatic carbocycles. The van der Waals surface area contributed by atoms with Crippen LogP contribution < -0.4 is 10.6 Å². The van der Waals surface area contributed by atoms with E-state index < -0.39 is 33.4 Å². The molecule has 2 bridgehead atoms. The van der Waals surface area contributed by atoms with Crippen LogP contribution in [-0.2, 0) is 25.2 Å². The molecule has 12 nitrogen and oxygen atoms in total. The Morgan fingerprint density at radius 1 is 1.07 bits per heavy atom. The molecule has 4 atom stereocenters. The van der Waals surface area contributed by atoms with Gasteiger partial charge in [0.1, 0.15) is 16.5 Å². The van der Waals surface area contributed by atoms with Crippen LogP contribution in [0.2, 0.25) is 0 Å². The first-order valence-corrected chi connectivity index (χ1v) is 14.2. The zero-order chi connectivity index (χ0) is 28.9. The fourth-order valence-electron chi connectivity index (χ4n) is 5.38. The number of aliphatic hydroxyl groups is 1. The third kappa shape index (κ3) is 5.37. The Kier molecular flexibility index (Phi) is 7.50. The largest absolute Gasteiger partial charge is 0.421 e. The van der Waals surface area contributed by atoms with Crippen LogP contribution in [0.4, 0.5) is 24.9 Å². The Balaban J connectivity index is 1.44. The van der Waals surface area contributed by atoms with E-state index in [0.29, 0.717) is 39.5 Å². The molecule has 0 saturated carbocycles. The molecule has 218 valence electrons. The molecule has 3 aliphatic rings. The van der Waals surface area contributed by atoms with Gasteiger partial charge in [-0.1, -0.05) is 0 Å². The normalized spacial score (nSPS) is 26.5. The number of aromatic nitrogens is 3. The minimum atomic E-state index is -4.93. The Labute approximate surface area is 229 Å². The maximum Gasteiger partial charge on any atom is 0.421 e. The van der Waals surface area contributed by atoms with E-state index in [0.717, 1.165) is 12.4 Å². The number of pyridine rings is 1. The van der Waals surface area contributed by atoms with Gasteiger partial charge in [0.2, 0.25) is 16.0 Å². The summed E-state index contributed by atoms with van der Waals surface area (Å²) in [6, 6.07) is 1.94. The lowest BCUT2D eigenvalue weighted by Crippen LogP contribution is -2.64. The summed E-state index contributed by atoms with van der Waals surface area (Å²) in [6.45, 7) is 1.95. The zero-order valence-corrected chi connectivity index (χ0v) is 22.5. The number of Topliss-reactive ketones (excluding diaryl/α,β-unsaturated/α-hetero) is 1. The SMILES string of the molecule is CC(O)(c1cnc(N2CCN(S(=O)(=O)c3ccc(N)nc3)C[C@@H]2CN2C3COCC2CC(=O)C3)nc1)C(F)(F)F. The molecule has 0 aromatic carbocycles. The highest BCUT2D eigenvalue weighted by molar-refractivity contribution is 7.89. The molecule has 2 aromatic rings. The molecule has 3 fully saturated rings. The van der Waals surface area contributed by atoms with Gasteiger partial charge in [-0.25, -0.2) is 23.4 Å². The van der Waals surface area contributed by atoms with Crippen molar-refractivity contribution in [3.8, 4) is 0 Å². The summed E-state index contributed by atoms with van der Waals surface area (Å²) < 4.78 is 73.9. The van der Waals surface area contributed by atoms with Gasteiger partial charge < -0.3 is 20.5 Å². The van der Waals surface area contributed by atoms with E-state index in [4.69, 9.17) is 10.5 Å². The molecular weight excluding hydrogens is 555 g/mol. The quantitative estimate of drug-likeness (QED) is 0.488. The van der Waals surface area contributed by atoms with Gasteiger partial charge >= 0.3 is 6.18 Å². The molecule has 0 amide bonds. The first-order chi connectivity index (χ1) is 18.8. The topological polar surface area (TPSA) is 155 Å². The number of piperazine rings is 1. The molecule has 3 N–H and O–H groups in total. The zero-order valence-electron chi connectivity index (χ0n) is 21.7. The van der Waals surface area contributed by atoms with Crippen molar-refractivity contribution in [1.29, 1.82) is 0 Å². The number of piperidine rings is 1. The van der Waals surface area contributed by atoms with Gasteiger partial charge in [0.15, 0.2) is 5.60 Å². The summed E-state index contributed by atoms with van der Waals surface area (Å²) in [7, 11) is -3.94. The predicted octanol–water partition coefficient (Wildman–Crippen LogP) is 0.535. The van der Waals surface area contributed by atoms with Crippen molar-refractivity contribution in [2.45, 2.75) is 54.6 Å². The van der Waals surface area contributed by atoms with E-state index >= 15 is 0 Å². The number of nitrogens with two attached hydrogens (primary N) is 1. The minimum absolute atomic E-state index is 0.0160. The Morgan fingerprint density at radius 2 is 1.73 bits per heavy atom. The highest BCUT2D eigenvalue weighted by Crippen LogP contribution is 2.38. The van der Waals surface area contributed by atoms with Crippen LogP contribution in [-0.4, -0.2) is 107 Å². The number of nitrogens with zero attached hydrogens (tertiary/aromatic N) is 6. The van der Waals surface area contributed by atoms with Crippen molar-refractivity contribution in [3.63, 3.8) is 0 Å². The van der Waals surface area contributed by atoms with Crippen molar-refractivity contribution in [3.05, 3.63) is 36.3 Å². The van der Waals surface area contributed by atoms with Crippen molar-refractivity contribution in [1.82, 2.24) is 24.2 Å². The van der Waals surface area contributed by atoms with Crippen LogP contribution in [0.5, 0.6) is 0 Å². The number of morpholine rings is 1. The number of sulfonamides is 1. The van der Waals surface area contributed by atoms with Gasteiger partial charge in [-0.15, -0.1) is 0 Å². The molecule has 0 radical (unpaired) electrons. The number of carbonyl (C=O) groups excluding carboxylic acids is 1. The molecule has 2 aromatic heterocycles. The number of hydrogen-bond donors (Lipinski definition) is 2. The van der Waals surface area contributed by atoms with E-state index in [1.54, 1.807) is 4.90 Å². The standard InChI is InChI=1S/C24H30F3N7O5S/c1-23(36,24(25,26)27)15-8-30-22(31-9-15)33-5-4-32(40(37,38)20-2-3-21(28)29-10-20)11-18(33)12-34-16-6-19(35)7-17(34)14-39-13-16/h2-3,8-10,16-18,36H,4-7,11-14H2,1H3,(H2,28,29)/t16?,17?,18-,23?/m1/s1. The van der Waals surface area contributed by atoms with Crippen molar-refractivity contribution in [2.24, 2.45) is 0 Å². The third-order valence-electron chi connectivity index (χ3n) is 7.76. The lowest BCUT2D eigenvalue weighted by molar-refractivity contribution is -0.259. The monoisotopic (exact) mass is 585 g/mol. The molecule has 40 heavy (non-hydrogen) atoms. The van der Waals surface area contributed by atoms with Gasteiger partial charge in [0.05, 0.1) is 19.3 Å². The lowest BCUT2D eigenvalue weighted by Gasteiger charge is -2.49. The number of carbonyl (C=O) groups is 1. The van der Waals surface area contributed by atoms with Gasteiger partial charge in [0, 0.05) is 75.3 Å².